The van der Waals surface area contributed by atoms with E-state index in [1.54, 1.807) is 42.5 Å². The number of anilines is 2. The molecule has 39 heavy (non-hydrogen) atoms. The highest BCUT2D eigenvalue weighted by molar-refractivity contribution is 8.00. The number of nitrogens with zero attached hydrogens (tertiary/aromatic N) is 1. The van der Waals surface area contributed by atoms with E-state index in [9.17, 15) is 23.6 Å². The molecule has 3 heterocycles. The summed E-state index contributed by atoms with van der Waals surface area (Å²) in [5.41, 5.74) is 1.63. The lowest BCUT2D eigenvalue weighted by molar-refractivity contribution is -0.122. The first kappa shape index (κ1) is 25.1. The Labute approximate surface area is 229 Å². The third kappa shape index (κ3) is 4.75. The van der Waals surface area contributed by atoms with Gasteiger partial charge in [-0.25, -0.2) is 9.29 Å². The number of imide groups is 1. The van der Waals surface area contributed by atoms with Crippen molar-refractivity contribution >= 4 is 52.2 Å². The van der Waals surface area contributed by atoms with E-state index in [0.717, 1.165) is 11.3 Å². The van der Waals surface area contributed by atoms with E-state index in [2.05, 4.69) is 10.3 Å². The zero-order chi connectivity index (χ0) is 27.1. The van der Waals surface area contributed by atoms with Crippen LogP contribution in [0.4, 0.5) is 15.8 Å². The van der Waals surface area contributed by atoms with Gasteiger partial charge in [-0.2, -0.15) is 0 Å². The lowest BCUT2D eigenvalue weighted by Crippen LogP contribution is -2.32. The largest absolute Gasteiger partial charge is 0.484 e. The summed E-state index contributed by atoms with van der Waals surface area (Å²) in [6.07, 6.45) is 0. The lowest BCUT2D eigenvalue weighted by atomic mass is 9.83. The quantitative estimate of drug-likeness (QED) is 0.338. The van der Waals surface area contributed by atoms with Gasteiger partial charge in [0.05, 0.1) is 16.6 Å². The molecule has 2 N–H and O–H groups in total. The molecule has 11 heteroatoms. The maximum absolute atomic E-state index is 13.7. The Hall–Kier alpha value is -4.22. The summed E-state index contributed by atoms with van der Waals surface area (Å²) < 4.78 is 18.8. The Bertz CT molecular complexity index is 1640. The highest BCUT2D eigenvalue weighted by atomic mass is 32.2. The van der Waals surface area contributed by atoms with Crippen LogP contribution in [0.25, 0.3) is 0 Å². The van der Waals surface area contributed by atoms with Crippen molar-refractivity contribution in [1.29, 1.82) is 0 Å². The normalized spacial score (nSPS) is 19.9. The Morgan fingerprint density at radius 1 is 0.974 bits per heavy atom. The van der Waals surface area contributed by atoms with Crippen LogP contribution < -0.4 is 19.8 Å². The summed E-state index contributed by atoms with van der Waals surface area (Å²) in [7, 11) is 0. The van der Waals surface area contributed by atoms with Crippen LogP contribution in [0.3, 0.4) is 0 Å². The number of carbonyl (C=O) groups excluding carboxylic acids is 3. The average Bonchev–Trinajstić information content (AvgIpc) is 3.43. The van der Waals surface area contributed by atoms with Crippen LogP contribution in [0.2, 0.25) is 0 Å². The number of rotatable bonds is 6. The van der Waals surface area contributed by atoms with Gasteiger partial charge >= 0.3 is 4.87 Å². The molecule has 1 aromatic heterocycles. The molecule has 4 aromatic rings. The summed E-state index contributed by atoms with van der Waals surface area (Å²) in [6, 6.07) is 21.1. The second-order valence-electron chi connectivity index (χ2n) is 9.01. The molecule has 196 valence electrons. The molecule has 2 unspecified atom stereocenters. The molecule has 0 bridgehead atoms. The van der Waals surface area contributed by atoms with Crippen LogP contribution >= 0.6 is 23.1 Å². The van der Waals surface area contributed by atoms with Crippen molar-refractivity contribution in [1.82, 2.24) is 4.98 Å². The molecule has 1 fully saturated rings. The Morgan fingerprint density at radius 3 is 2.51 bits per heavy atom. The molecule has 0 spiro atoms. The number of carbonyl (C=O) groups is 3. The SMILES string of the molecule is O=C(COc1cccc([C@H]2c3sc(=O)[nH]c3SC3C(=O)N(c4ccccc4)C(=O)C32)c1)Nc1ccc(F)cc1. The maximum Gasteiger partial charge on any atom is 0.305 e. The van der Waals surface area contributed by atoms with Crippen molar-refractivity contribution in [3.8, 4) is 5.75 Å². The fourth-order valence-corrected chi connectivity index (χ4v) is 7.40. The van der Waals surface area contributed by atoms with E-state index in [4.69, 9.17) is 4.74 Å². The number of aromatic amines is 1. The molecule has 0 radical (unpaired) electrons. The number of para-hydroxylation sites is 1. The predicted molar refractivity (Wildman–Crippen MR) is 146 cm³/mol. The molecule has 6 rings (SSSR count). The van der Waals surface area contributed by atoms with Crippen molar-refractivity contribution < 1.29 is 23.5 Å². The highest BCUT2D eigenvalue weighted by Gasteiger charge is 2.56. The van der Waals surface area contributed by atoms with Gasteiger partial charge in [0.15, 0.2) is 6.61 Å². The number of thiazole rings is 1. The summed E-state index contributed by atoms with van der Waals surface area (Å²) in [5, 5.41) is 2.51. The van der Waals surface area contributed by atoms with Crippen LogP contribution in [-0.2, 0) is 14.4 Å². The molecule has 2 aliphatic rings. The van der Waals surface area contributed by atoms with E-state index >= 15 is 0 Å². The fourth-order valence-electron chi connectivity index (χ4n) is 4.88. The summed E-state index contributed by atoms with van der Waals surface area (Å²) in [5.74, 6) is -2.39. The second kappa shape index (κ2) is 10.2. The summed E-state index contributed by atoms with van der Waals surface area (Å²) in [6.45, 7) is -0.296. The lowest BCUT2D eigenvalue weighted by Gasteiger charge is -2.30. The van der Waals surface area contributed by atoms with Crippen LogP contribution in [0.15, 0.2) is 88.7 Å². The Balaban J connectivity index is 1.28. The van der Waals surface area contributed by atoms with Crippen LogP contribution in [0, 0.1) is 11.7 Å². The van der Waals surface area contributed by atoms with Crippen molar-refractivity contribution in [3.63, 3.8) is 0 Å². The number of amides is 3. The molecule has 0 saturated carbocycles. The number of nitrogens with one attached hydrogen (secondary N) is 2. The van der Waals surface area contributed by atoms with Crippen LogP contribution in [0.1, 0.15) is 16.4 Å². The number of aromatic nitrogens is 1. The number of H-pyrrole nitrogens is 1. The van der Waals surface area contributed by atoms with E-state index < -0.39 is 28.8 Å². The Kier molecular flexibility index (Phi) is 6.53. The van der Waals surface area contributed by atoms with Crippen molar-refractivity contribution in [2.75, 3.05) is 16.8 Å². The summed E-state index contributed by atoms with van der Waals surface area (Å²) >= 11 is 2.24. The topological polar surface area (TPSA) is 109 Å². The summed E-state index contributed by atoms with van der Waals surface area (Å²) in [4.78, 5) is 56.3. The molecule has 1 saturated heterocycles. The van der Waals surface area contributed by atoms with Crippen LogP contribution in [0.5, 0.6) is 5.75 Å². The third-order valence-electron chi connectivity index (χ3n) is 6.55. The number of benzene rings is 3. The van der Waals surface area contributed by atoms with E-state index in [-0.39, 0.29) is 23.3 Å². The maximum atomic E-state index is 13.7. The molecular weight excluding hydrogens is 541 g/mol. The highest BCUT2D eigenvalue weighted by Crippen LogP contribution is 2.53. The van der Waals surface area contributed by atoms with Gasteiger partial charge < -0.3 is 15.0 Å². The molecule has 3 aromatic carbocycles. The predicted octanol–water partition coefficient (Wildman–Crippen LogP) is 4.39. The minimum atomic E-state index is -0.723. The van der Waals surface area contributed by atoms with E-state index in [1.165, 1.54) is 40.9 Å². The molecular formula is C28H20FN3O5S2. The minimum absolute atomic E-state index is 0.262. The molecule has 2 aliphatic heterocycles. The number of ether oxygens (including phenoxy) is 1. The first-order chi connectivity index (χ1) is 18.9. The van der Waals surface area contributed by atoms with Gasteiger partial charge in [0.1, 0.15) is 16.8 Å². The van der Waals surface area contributed by atoms with Crippen molar-refractivity contribution in [2.24, 2.45) is 5.92 Å². The van der Waals surface area contributed by atoms with E-state index in [0.29, 0.717) is 32.6 Å². The zero-order valence-electron chi connectivity index (χ0n) is 20.1. The van der Waals surface area contributed by atoms with E-state index in [1.807, 2.05) is 12.1 Å². The first-order valence-electron chi connectivity index (χ1n) is 12.0. The van der Waals surface area contributed by atoms with Crippen molar-refractivity contribution in [2.45, 2.75) is 16.2 Å². The standard InChI is InChI=1S/C28H20FN3O5S2/c29-16-9-11-17(12-10-16)30-20(33)14-37-19-8-4-5-15(13-19)21-22-24(38-25-23(21)39-28(36)31-25)27(35)32(26(22)34)18-6-2-1-3-7-18/h1-13,21-22,24H,14H2,(H,30,33)(H,31,36)/t21-,22?,24?/m1/s1. The zero-order valence-corrected chi connectivity index (χ0v) is 21.8. The number of fused-ring (bicyclic) bond motifs is 2. The van der Waals surface area contributed by atoms with Gasteiger partial charge in [-0.05, 0) is 54.1 Å². The Morgan fingerprint density at radius 2 is 1.74 bits per heavy atom. The first-order valence-corrected chi connectivity index (χ1v) is 13.7. The van der Waals surface area contributed by atoms with Gasteiger partial charge in [-0.1, -0.05) is 53.4 Å². The number of hydrogen-bond acceptors (Lipinski definition) is 7. The smallest absolute Gasteiger partial charge is 0.305 e. The van der Waals surface area contributed by atoms with Gasteiger partial charge in [0.2, 0.25) is 11.8 Å². The molecule has 3 amide bonds. The average molecular weight is 562 g/mol. The third-order valence-corrected chi connectivity index (χ3v) is 8.95. The molecule has 3 atom stereocenters. The van der Waals surface area contributed by atoms with Gasteiger partial charge in [0.25, 0.3) is 5.91 Å². The number of thioether (sulfide) groups is 1. The second-order valence-corrected chi connectivity index (χ2v) is 11.2. The monoisotopic (exact) mass is 561 g/mol. The van der Waals surface area contributed by atoms with Gasteiger partial charge in [-0.3, -0.25) is 19.2 Å². The molecule has 8 nitrogen and oxygen atoms in total. The van der Waals surface area contributed by atoms with Crippen LogP contribution in [-0.4, -0.2) is 34.6 Å². The fraction of sp³-hybridized carbons (Fsp3) is 0.143. The van der Waals surface area contributed by atoms with Gasteiger partial charge in [0, 0.05) is 16.5 Å². The minimum Gasteiger partial charge on any atom is -0.484 e. The number of hydrogen-bond donors (Lipinski definition) is 2. The molecule has 0 aliphatic carbocycles. The van der Waals surface area contributed by atoms with Gasteiger partial charge in [-0.15, -0.1) is 0 Å². The van der Waals surface area contributed by atoms with Crippen molar-refractivity contribution in [3.05, 3.63) is 105 Å². The number of halogens is 1.